The van der Waals surface area contributed by atoms with Gasteiger partial charge in [0.1, 0.15) is 0 Å². The summed E-state index contributed by atoms with van der Waals surface area (Å²) in [6.07, 6.45) is -0.0177. The summed E-state index contributed by atoms with van der Waals surface area (Å²) < 4.78 is 9.49. The molecule has 0 saturated carbocycles. The molecule has 0 N–H and O–H groups in total. The van der Waals surface area contributed by atoms with Gasteiger partial charge < -0.3 is 9.47 Å². The number of esters is 2. The Bertz CT molecular complexity index is 225. The molecule has 0 aliphatic heterocycles. The van der Waals surface area contributed by atoms with Gasteiger partial charge in [-0.05, 0) is 21.0 Å². The maximum Gasteiger partial charge on any atom is 0.363 e. The highest BCUT2D eigenvalue weighted by Gasteiger charge is 2.25. The largest absolute Gasteiger partial charge is 0.462 e. The van der Waals surface area contributed by atoms with E-state index >= 15 is 0 Å². The molecule has 1 atom stereocenters. The van der Waals surface area contributed by atoms with E-state index in [1.807, 2.05) is 0 Å². The Morgan fingerprint density at radius 1 is 1.50 bits per heavy atom. The van der Waals surface area contributed by atoms with E-state index in [2.05, 4.69) is 6.58 Å². The standard InChI is InChI=1S/C9H15NO4/c1-5-7(11)14-8(10(3)4)9(12)13-6-2/h5,8H,1,6H2,2-4H3. The summed E-state index contributed by atoms with van der Waals surface area (Å²) in [6, 6.07) is 0. The molecule has 0 aromatic rings. The van der Waals surface area contributed by atoms with Gasteiger partial charge in [0.15, 0.2) is 0 Å². The number of ether oxygens (including phenoxy) is 2. The fraction of sp³-hybridized carbons (Fsp3) is 0.556. The van der Waals surface area contributed by atoms with Gasteiger partial charge in [-0.2, -0.15) is 0 Å². The van der Waals surface area contributed by atoms with E-state index in [0.29, 0.717) is 0 Å². The Morgan fingerprint density at radius 3 is 2.43 bits per heavy atom. The zero-order chi connectivity index (χ0) is 11.1. The van der Waals surface area contributed by atoms with Crippen LogP contribution < -0.4 is 0 Å². The van der Waals surface area contributed by atoms with Gasteiger partial charge in [-0.3, -0.25) is 4.90 Å². The highest BCUT2D eigenvalue weighted by atomic mass is 16.6. The Labute approximate surface area is 83.3 Å². The van der Waals surface area contributed by atoms with Crippen molar-refractivity contribution >= 4 is 11.9 Å². The second-order valence-corrected chi connectivity index (χ2v) is 2.71. The normalized spacial score (nSPS) is 12.0. The summed E-state index contributed by atoms with van der Waals surface area (Å²) in [5, 5.41) is 0. The predicted molar refractivity (Wildman–Crippen MR) is 50.4 cm³/mol. The first kappa shape index (κ1) is 12.6. The first-order valence-corrected chi connectivity index (χ1v) is 4.19. The Kier molecular flexibility index (Phi) is 5.55. The van der Waals surface area contributed by atoms with Gasteiger partial charge >= 0.3 is 11.9 Å². The molecule has 1 unspecified atom stereocenters. The van der Waals surface area contributed by atoms with Crippen LogP contribution in [0.1, 0.15) is 6.92 Å². The summed E-state index contributed by atoms with van der Waals surface area (Å²) in [5.74, 6) is -1.25. The maximum absolute atomic E-state index is 11.3. The summed E-state index contributed by atoms with van der Waals surface area (Å²) in [4.78, 5) is 23.6. The summed E-state index contributed by atoms with van der Waals surface area (Å²) in [7, 11) is 3.22. The van der Waals surface area contributed by atoms with Crippen LogP contribution in [0.5, 0.6) is 0 Å². The lowest BCUT2D eigenvalue weighted by atomic mass is 10.5. The summed E-state index contributed by atoms with van der Waals surface area (Å²) >= 11 is 0. The van der Waals surface area contributed by atoms with E-state index in [9.17, 15) is 9.59 Å². The van der Waals surface area contributed by atoms with Crippen LogP contribution in [0.15, 0.2) is 12.7 Å². The van der Waals surface area contributed by atoms with Crippen molar-refractivity contribution in [3.05, 3.63) is 12.7 Å². The molecule has 0 spiro atoms. The van der Waals surface area contributed by atoms with Crippen LogP contribution in [0.4, 0.5) is 0 Å². The summed E-state index contributed by atoms with van der Waals surface area (Å²) in [6.45, 7) is 5.16. The third-order valence-corrected chi connectivity index (χ3v) is 1.35. The van der Waals surface area contributed by atoms with E-state index in [-0.39, 0.29) is 6.61 Å². The molecular weight excluding hydrogens is 186 g/mol. The van der Waals surface area contributed by atoms with Crippen LogP contribution in [-0.2, 0) is 19.1 Å². The zero-order valence-corrected chi connectivity index (χ0v) is 8.65. The lowest BCUT2D eigenvalue weighted by molar-refractivity contribution is -0.175. The van der Waals surface area contributed by atoms with Gasteiger partial charge in [0.25, 0.3) is 6.23 Å². The van der Waals surface area contributed by atoms with Gasteiger partial charge in [-0.15, -0.1) is 0 Å². The minimum absolute atomic E-state index is 0.245. The molecular formula is C9H15NO4. The van der Waals surface area contributed by atoms with Crippen molar-refractivity contribution in [1.82, 2.24) is 4.90 Å². The number of nitrogens with zero attached hydrogens (tertiary/aromatic N) is 1. The second kappa shape index (κ2) is 6.15. The van der Waals surface area contributed by atoms with Gasteiger partial charge in [-0.25, -0.2) is 9.59 Å². The van der Waals surface area contributed by atoms with Crippen LogP contribution in [0, 0.1) is 0 Å². The Morgan fingerprint density at radius 2 is 2.07 bits per heavy atom. The third-order valence-electron chi connectivity index (χ3n) is 1.35. The van der Waals surface area contributed by atoms with Crippen molar-refractivity contribution in [2.24, 2.45) is 0 Å². The molecule has 0 heterocycles. The fourth-order valence-electron chi connectivity index (χ4n) is 0.736. The van der Waals surface area contributed by atoms with Crippen molar-refractivity contribution in [2.75, 3.05) is 20.7 Å². The zero-order valence-electron chi connectivity index (χ0n) is 8.65. The number of hydrogen-bond acceptors (Lipinski definition) is 5. The van der Waals surface area contributed by atoms with Crippen molar-refractivity contribution in [3.8, 4) is 0 Å². The average Bonchev–Trinajstić information content (AvgIpc) is 2.13. The molecule has 0 amide bonds. The van der Waals surface area contributed by atoms with E-state index in [0.717, 1.165) is 6.08 Å². The molecule has 0 fully saturated rings. The maximum atomic E-state index is 11.3. The minimum atomic E-state index is -1.01. The van der Waals surface area contributed by atoms with Crippen molar-refractivity contribution < 1.29 is 19.1 Å². The number of rotatable bonds is 5. The number of hydrogen-bond donors (Lipinski definition) is 0. The van der Waals surface area contributed by atoms with Crippen LogP contribution >= 0.6 is 0 Å². The Hall–Kier alpha value is -1.36. The van der Waals surface area contributed by atoms with Crippen LogP contribution in [-0.4, -0.2) is 43.8 Å². The monoisotopic (exact) mass is 201 g/mol. The smallest absolute Gasteiger partial charge is 0.363 e. The molecule has 0 rings (SSSR count). The lowest BCUT2D eigenvalue weighted by Crippen LogP contribution is -2.40. The molecule has 5 heteroatoms. The van der Waals surface area contributed by atoms with Crippen LogP contribution in [0.3, 0.4) is 0 Å². The Balaban J connectivity index is 4.36. The predicted octanol–water partition coefficient (Wildman–Crippen LogP) is 0.166. The van der Waals surface area contributed by atoms with Crippen LogP contribution in [0.25, 0.3) is 0 Å². The van der Waals surface area contributed by atoms with Gasteiger partial charge in [0.05, 0.1) is 6.61 Å². The highest BCUT2D eigenvalue weighted by Crippen LogP contribution is 2.00. The number of carbonyl (C=O) groups excluding carboxylic acids is 2. The quantitative estimate of drug-likeness (QED) is 0.360. The van der Waals surface area contributed by atoms with Crippen molar-refractivity contribution in [2.45, 2.75) is 13.2 Å². The molecule has 14 heavy (non-hydrogen) atoms. The van der Waals surface area contributed by atoms with E-state index < -0.39 is 18.2 Å². The minimum Gasteiger partial charge on any atom is -0.462 e. The molecule has 5 nitrogen and oxygen atoms in total. The van der Waals surface area contributed by atoms with Gasteiger partial charge in [0, 0.05) is 6.08 Å². The first-order chi connectivity index (χ1) is 6.52. The van der Waals surface area contributed by atoms with Crippen molar-refractivity contribution in [3.63, 3.8) is 0 Å². The molecule has 0 bridgehead atoms. The molecule has 0 aliphatic carbocycles. The number of carbonyl (C=O) groups is 2. The SMILES string of the molecule is C=CC(=O)OC(C(=O)OCC)N(C)C. The summed E-state index contributed by atoms with van der Waals surface area (Å²) in [5.41, 5.74) is 0. The van der Waals surface area contributed by atoms with E-state index in [1.54, 1.807) is 21.0 Å². The molecule has 0 aromatic carbocycles. The highest BCUT2D eigenvalue weighted by molar-refractivity contribution is 5.84. The van der Waals surface area contributed by atoms with Gasteiger partial charge in [0.2, 0.25) is 0 Å². The van der Waals surface area contributed by atoms with Gasteiger partial charge in [-0.1, -0.05) is 6.58 Å². The molecule has 0 aromatic heterocycles. The fourth-order valence-corrected chi connectivity index (χ4v) is 0.736. The topological polar surface area (TPSA) is 55.8 Å². The lowest BCUT2D eigenvalue weighted by Gasteiger charge is -2.21. The first-order valence-electron chi connectivity index (χ1n) is 4.19. The average molecular weight is 201 g/mol. The molecule has 0 radical (unpaired) electrons. The number of likely N-dealkylation sites (N-methyl/N-ethyl adjacent to an activating group) is 1. The molecule has 0 aliphatic rings. The van der Waals surface area contributed by atoms with E-state index in [4.69, 9.17) is 9.47 Å². The second-order valence-electron chi connectivity index (χ2n) is 2.71. The third kappa shape index (κ3) is 4.04. The van der Waals surface area contributed by atoms with Crippen molar-refractivity contribution in [1.29, 1.82) is 0 Å². The van der Waals surface area contributed by atoms with Crippen LogP contribution in [0.2, 0.25) is 0 Å². The van der Waals surface area contributed by atoms with E-state index in [1.165, 1.54) is 4.90 Å². The molecule has 80 valence electrons. The molecule has 0 saturated heterocycles.